The van der Waals surface area contributed by atoms with Gasteiger partial charge in [-0.15, -0.1) is 11.3 Å². The highest BCUT2D eigenvalue weighted by Gasteiger charge is 2.64. The number of carbonyl (C=O) groups excluding carboxylic acids is 6. The number of amides is 5. The maximum atomic E-state index is 14.8. The number of nitriles is 1. The van der Waals surface area contributed by atoms with Crippen LogP contribution in [0.2, 0.25) is 5.02 Å². The van der Waals surface area contributed by atoms with Crippen LogP contribution < -0.4 is 31.7 Å². The largest absolute Gasteiger partial charge is 0.489 e. The van der Waals surface area contributed by atoms with Crippen molar-refractivity contribution in [2.75, 3.05) is 19.8 Å². The highest BCUT2D eigenvalue weighted by atomic mass is 35.5. The van der Waals surface area contributed by atoms with Gasteiger partial charge >= 0.3 is 5.97 Å². The summed E-state index contributed by atoms with van der Waals surface area (Å²) < 4.78 is 18.2. The molecule has 4 aromatic rings. The highest BCUT2D eigenvalue weighted by Crippen LogP contribution is 2.55. The summed E-state index contributed by atoms with van der Waals surface area (Å²) in [5, 5.41) is 21.5. The highest BCUT2D eigenvalue weighted by molar-refractivity contribution is 7.13. The zero-order valence-electron chi connectivity index (χ0n) is 49.9. The summed E-state index contributed by atoms with van der Waals surface area (Å²) in [6.45, 7) is 24.7. The maximum Gasteiger partial charge on any atom is 0.329 e. The first-order valence-electron chi connectivity index (χ1n) is 28.6. The smallest absolute Gasteiger partial charge is 0.329 e. The van der Waals surface area contributed by atoms with Crippen molar-refractivity contribution in [2.24, 2.45) is 33.8 Å². The van der Waals surface area contributed by atoms with E-state index in [-0.39, 0.29) is 60.3 Å². The van der Waals surface area contributed by atoms with Crippen LogP contribution in [0.4, 0.5) is 0 Å². The van der Waals surface area contributed by atoms with Gasteiger partial charge in [0.25, 0.3) is 5.91 Å². The number of rotatable bonds is 25. The van der Waals surface area contributed by atoms with Gasteiger partial charge in [0.1, 0.15) is 48.8 Å². The predicted molar refractivity (Wildman–Crippen MR) is 319 cm³/mol. The van der Waals surface area contributed by atoms with Gasteiger partial charge in [-0.3, -0.25) is 24.0 Å². The number of hydrogen-bond acceptors (Lipinski definition) is 13. The Balaban J connectivity index is 0.985. The first kappa shape index (κ1) is 64.8. The monoisotopic (exact) mass is 1160 g/mol. The van der Waals surface area contributed by atoms with Gasteiger partial charge in [-0.2, -0.15) is 5.26 Å². The second-order valence-electron chi connectivity index (χ2n) is 25.0. The van der Waals surface area contributed by atoms with Crippen molar-refractivity contribution < 1.29 is 43.0 Å². The normalized spacial score (nSPS) is 19.7. The fourth-order valence-corrected chi connectivity index (χ4v) is 12.3. The lowest BCUT2D eigenvalue weighted by atomic mass is 9.49. The van der Waals surface area contributed by atoms with Crippen molar-refractivity contribution in [3.05, 3.63) is 105 Å². The van der Waals surface area contributed by atoms with Gasteiger partial charge in [-0.1, -0.05) is 137 Å². The number of ether oxygens (including phenoxy) is 3. The number of nitrogens with one attached hydrogen (secondary N) is 4. The van der Waals surface area contributed by atoms with Crippen LogP contribution in [0.1, 0.15) is 154 Å². The molecule has 2 fully saturated rings. The van der Waals surface area contributed by atoms with Crippen molar-refractivity contribution >= 4 is 58.4 Å². The minimum absolute atomic E-state index is 0.0139. The topological polar surface area (TPSA) is 244 Å². The van der Waals surface area contributed by atoms with Gasteiger partial charge in [0.05, 0.1) is 45.3 Å². The second-order valence-corrected chi connectivity index (χ2v) is 26.3. The summed E-state index contributed by atoms with van der Waals surface area (Å²) in [5.41, 5.74) is 11.2. The number of esters is 1. The van der Waals surface area contributed by atoms with E-state index in [4.69, 9.17) is 31.5 Å². The lowest BCUT2D eigenvalue weighted by molar-refractivity contribution is -0.164. The molecule has 6 rings (SSSR count). The van der Waals surface area contributed by atoms with E-state index in [2.05, 4.69) is 60.0 Å². The minimum Gasteiger partial charge on any atom is -0.489 e. The lowest BCUT2D eigenvalue weighted by Crippen LogP contribution is -2.74. The molecule has 2 aliphatic rings. The summed E-state index contributed by atoms with van der Waals surface area (Å²) in [6.07, 6.45) is 3.16. The SMILES string of the molecule is Cc1ncsc1-c1ccc([C@H](C)NC(=O)[C@@H]2C[C@@H](OC(=O)[C@@H](NC(=O)[C@@H](N)C(C)C)C(C)C)CN2C(=O)[C@@H](NC(=O)COCCCCCCc2ccc(C(=O)NC3C(C)(C)C(Oc4ccc(C#N)c(Cl)c4)C3(C)C)cc2)C(C)(C)C)cc1. The molecule has 6 atom stereocenters. The third-order valence-corrected chi connectivity index (χ3v) is 17.2. The van der Waals surface area contributed by atoms with Crippen LogP contribution >= 0.6 is 22.9 Å². The molecule has 0 unspecified atom stereocenters. The van der Waals surface area contributed by atoms with E-state index in [1.54, 1.807) is 48.9 Å². The lowest BCUT2D eigenvalue weighted by Gasteiger charge is -2.63. The quantitative estimate of drug-likeness (QED) is 0.0308. The fraction of sp³-hybridized carbons (Fsp3) is 0.556. The Morgan fingerprint density at radius 1 is 0.878 bits per heavy atom. The van der Waals surface area contributed by atoms with Crippen LogP contribution in [0, 0.1) is 46.3 Å². The van der Waals surface area contributed by atoms with Gasteiger partial charge in [0.15, 0.2) is 0 Å². The molecule has 17 nitrogen and oxygen atoms in total. The number of aryl methyl sites for hydroxylation is 2. The van der Waals surface area contributed by atoms with Crippen LogP contribution in [0.25, 0.3) is 10.4 Å². The molecule has 1 aliphatic heterocycles. The number of aromatic nitrogens is 1. The number of likely N-dealkylation sites (tertiary alicyclic amines) is 1. The molecule has 1 saturated carbocycles. The molecule has 5 amide bonds. The van der Waals surface area contributed by atoms with Crippen LogP contribution in [0.5, 0.6) is 5.75 Å². The molecule has 2 heterocycles. The zero-order chi connectivity index (χ0) is 60.4. The van der Waals surface area contributed by atoms with E-state index in [0.717, 1.165) is 59.4 Å². The molecule has 3 aromatic carbocycles. The van der Waals surface area contributed by atoms with E-state index < -0.39 is 71.3 Å². The first-order valence-corrected chi connectivity index (χ1v) is 29.8. The summed E-state index contributed by atoms with van der Waals surface area (Å²) >= 11 is 7.81. The Hall–Kier alpha value is -6.39. The van der Waals surface area contributed by atoms with Crippen LogP contribution in [0.3, 0.4) is 0 Å². The Morgan fingerprint density at radius 3 is 2.12 bits per heavy atom. The number of nitrogens with two attached hydrogens (primary N) is 1. The van der Waals surface area contributed by atoms with Gasteiger partial charge in [-0.05, 0) is 91.3 Å². The van der Waals surface area contributed by atoms with E-state index in [0.29, 0.717) is 28.5 Å². The zero-order valence-corrected chi connectivity index (χ0v) is 51.5. The molecule has 444 valence electrons. The number of hydrogen-bond donors (Lipinski definition) is 5. The van der Waals surface area contributed by atoms with Crippen molar-refractivity contribution in [2.45, 2.75) is 177 Å². The van der Waals surface area contributed by atoms with Crippen molar-refractivity contribution in [3.63, 3.8) is 0 Å². The third-order valence-electron chi connectivity index (χ3n) is 15.9. The Bertz CT molecular complexity index is 2910. The maximum absolute atomic E-state index is 14.8. The number of unbranched alkanes of at least 4 members (excludes halogenated alkanes) is 3. The first-order chi connectivity index (χ1) is 38.5. The molecule has 6 N–H and O–H groups in total. The average molecular weight is 1170 g/mol. The number of nitrogens with zero attached hydrogens (tertiary/aromatic N) is 3. The number of halogens is 1. The minimum atomic E-state index is -1.07. The molecular formula is C63H85ClN8O9S. The van der Waals surface area contributed by atoms with Crippen molar-refractivity contribution in [3.8, 4) is 22.3 Å². The van der Waals surface area contributed by atoms with Gasteiger partial charge in [0, 0.05) is 41.5 Å². The van der Waals surface area contributed by atoms with Crippen molar-refractivity contribution in [1.82, 2.24) is 31.2 Å². The second kappa shape index (κ2) is 27.8. The van der Waals surface area contributed by atoms with Crippen LogP contribution in [-0.4, -0.2) is 108 Å². The van der Waals surface area contributed by atoms with Crippen LogP contribution in [-0.2, 0) is 39.9 Å². The number of thiazole rings is 1. The molecule has 0 spiro atoms. The summed E-state index contributed by atoms with van der Waals surface area (Å²) in [5.74, 6) is -2.75. The van der Waals surface area contributed by atoms with Crippen LogP contribution in [0.15, 0.2) is 72.2 Å². The summed E-state index contributed by atoms with van der Waals surface area (Å²) in [6, 6.07) is 18.0. The van der Waals surface area contributed by atoms with E-state index in [1.807, 2.05) is 97.0 Å². The Morgan fingerprint density at radius 2 is 1.54 bits per heavy atom. The standard InChI is InChI=1S/C63H85ClN8O9S/c1-36(2)50(66)56(76)70-51(37(3)4)58(78)80-46-31-48(55(75)68-38(5)41-23-25-42(26-24-41)52-39(6)67-35-82-52)72(33-46)57(77)53(61(7,8)9)69-49(73)34-79-29-17-15-14-16-18-40-19-21-43(22-20-40)54(74)71-59-62(10,11)60(63(59,12)13)81-45-28-27-44(32-65)47(64)30-45/h19-28,30,35-38,46,48,50-51,53,59-60H,14-18,29,31,33-34,66H2,1-13H3,(H,68,75)(H,69,73)(H,70,76)(H,71,74)/t38-,46+,48-,50-,51-,53+,59?,60?/m0/s1. The molecular weight excluding hydrogens is 1080 g/mol. The molecule has 19 heteroatoms. The summed E-state index contributed by atoms with van der Waals surface area (Å²) in [4.78, 5) is 89.7. The molecule has 1 aliphatic carbocycles. The molecule has 1 saturated heterocycles. The Labute approximate surface area is 493 Å². The van der Waals surface area contributed by atoms with E-state index >= 15 is 0 Å². The van der Waals surface area contributed by atoms with Gasteiger partial charge in [-0.25, -0.2) is 9.78 Å². The van der Waals surface area contributed by atoms with E-state index in [9.17, 15) is 34.0 Å². The predicted octanol–water partition coefficient (Wildman–Crippen LogP) is 9.42. The number of benzene rings is 3. The van der Waals surface area contributed by atoms with Crippen molar-refractivity contribution in [1.29, 1.82) is 5.26 Å². The average Bonchev–Trinajstić information content (AvgIpc) is 1.20. The third kappa shape index (κ3) is 16.0. The fourth-order valence-electron chi connectivity index (χ4n) is 11.3. The summed E-state index contributed by atoms with van der Waals surface area (Å²) in [7, 11) is 0. The molecule has 0 radical (unpaired) electrons. The van der Waals surface area contributed by atoms with E-state index in [1.165, 1.54) is 4.90 Å². The molecule has 1 aromatic heterocycles. The number of carbonyl (C=O) groups is 6. The molecule has 82 heavy (non-hydrogen) atoms. The van der Waals surface area contributed by atoms with Gasteiger partial charge in [0.2, 0.25) is 23.6 Å². The Kier molecular flexibility index (Phi) is 22.0. The molecule has 0 bridgehead atoms. The van der Waals surface area contributed by atoms with Gasteiger partial charge < -0.3 is 46.1 Å².